The van der Waals surface area contributed by atoms with Gasteiger partial charge in [-0.05, 0) is 0 Å². The van der Waals surface area contributed by atoms with Crippen LogP contribution in [0.3, 0.4) is 0 Å². The Morgan fingerprint density at radius 3 is 2.46 bits per heavy atom. The van der Waals surface area contributed by atoms with Crippen molar-refractivity contribution in [3.63, 3.8) is 0 Å². The summed E-state index contributed by atoms with van der Waals surface area (Å²) in [4.78, 5) is 0. The van der Waals surface area contributed by atoms with E-state index in [1.165, 1.54) is 11.1 Å². The van der Waals surface area contributed by atoms with E-state index < -0.39 is 0 Å². The number of aryl methyl sites for hydroxylation is 1. The summed E-state index contributed by atoms with van der Waals surface area (Å²) in [5, 5.41) is 5.56. The second kappa shape index (κ2) is 7.84. The average Bonchev–Trinajstić information content (AvgIpc) is 3.05. The molecule has 1 N–H and O–H groups in total. The molecule has 5 heteroatoms. The van der Waals surface area contributed by atoms with Gasteiger partial charge in [0.15, 0.2) is 0 Å². The first kappa shape index (κ1) is 19.4. The van der Waals surface area contributed by atoms with Gasteiger partial charge in [0.25, 0.3) is 0 Å². The number of halogens is 2. The van der Waals surface area contributed by atoms with Crippen molar-refractivity contribution in [2.75, 3.05) is 12.4 Å². The molecule has 3 aromatic carbocycles. The molecule has 0 aliphatic rings. The molecule has 4 rings (SSSR count). The van der Waals surface area contributed by atoms with E-state index in [0.29, 0.717) is 10.0 Å². The van der Waals surface area contributed by atoms with Gasteiger partial charge in [0.05, 0.1) is 0 Å². The second-order valence-corrected chi connectivity index (χ2v) is 8.68. The van der Waals surface area contributed by atoms with E-state index >= 15 is 0 Å². The summed E-state index contributed by atoms with van der Waals surface area (Å²) in [6, 6.07) is 20.3. The Morgan fingerprint density at radius 2 is 1.75 bits per heavy atom. The molecule has 1 heterocycles. The average molecular weight is 585 g/mol. The van der Waals surface area contributed by atoms with E-state index in [1.54, 1.807) is 24.2 Å². The van der Waals surface area contributed by atoms with Gasteiger partial charge in [0.2, 0.25) is 0 Å². The van der Waals surface area contributed by atoms with Crippen LogP contribution in [0.15, 0.2) is 65.1 Å². The van der Waals surface area contributed by atoms with Crippen LogP contribution in [0.1, 0.15) is 16.9 Å². The first-order valence-corrected chi connectivity index (χ1v) is 10.8. The number of furan rings is 1. The van der Waals surface area contributed by atoms with Crippen LogP contribution >= 0.6 is 23.2 Å². The van der Waals surface area contributed by atoms with Gasteiger partial charge in [-0.2, -0.15) is 0 Å². The fourth-order valence-electron chi connectivity index (χ4n) is 3.28. The molecule has 0 saturated carbocycles. The molecule has 0 radical (unpaired) electrons. The fraction of sp³-hybridized carbons (Fsp3) is 0.0870. The van der Waals surface area contributed by atoms with E-state index in [9.17, 15) is 0 Å². The van der Waals surface area contributed by atoms with E-state index in [1.807, 2.05) is 19.2 Å². The molecular weight excluding hydrogens is 567 g/mol. The van der Waals surface area contributed by atoms with Gasteiger partial charge < -0.3 is 0 Å². The zero-order chi connectivity index (χ0) is 19.8. The maximum atomic E-state index is 6.43. The van der Waals surface area contributed by atoms with Crippen LogP contribution in [0.25, 0.3) is 22.1 Å². The van der Waals surface area contributed by atoms with Crippen molar-refractivity contribution < 1.29 is 22.6 Å². The zero-order valence-electron chi connectivity index (χ0n) is 15.3. The molecule has 1 aromatic heterocycles. The fourth-order valence-corrected chi connectivity index (χ4v) is 4.98. The number of benzene rings is 3. The maximum absolute atomic E-state index is 6.43. The summed E-state index contributed by atoms with van der Waals surface area (Å²) in [5.74, 6) is 0.793. The molecule has 0 aliphatic heterocycles. The van der Waals surface area contributed by atoms with Gasteiger partial charge in [-0.15, -0.1) is 0 Å². The predicted molar refractivity (Wildman–Crippen MR) is 116 cm³/mol. The SMILES string of the molecule is CNc1c([C](=[Os])c2ccc(Cl)cc2Cl)oc2cc(-c3cccc(C)c3)ccc12. The number of rotatable bonds is 4. The molecule has 0 aliphatic carbocycles. The second-order valence-electron chi connectivity index (χ2n) is 6.56. The Labute approximate surface area is 183 Å². The topological polar surface area (TPSA) is 25.2 Å². The number of hydrogen-bond acceptors (Lipinski definition) is 2. The van der Waals surface area contributed by atoms with E-state index in [2.05, 4.69) is 54.7 Å². The van der Waals surface area contributed by atoms with Crippen LogP contribution in [-0.4, -0.2) is 11.1 Å². The molecule has 142 valence electrons. The van der Waals surface area contributed by atoms with Crippen LogP contribution in [0.4, 0.5) is 5.69 Å². The van der Waals surface area contributed by atoms with Gasteiger partial charge >= 0.3 is 184 Å². The summed E-state index contributed by atoms with van der Waals surface area (Å²) in [7, 11) is 1.90. The first-order chi connectivity index (χ1) is 13.5. The number of anilines is 1. The van der Waals surface area contributed by atoms with Gasteiger partial charge in [-0.25, -0.2) is 0 Å². The van der Waals surface area contributed by atoms with Crippen LogP contribution in [-0.2, 0) is 18.1 Å². The Balaban J connectivity index is 1.84. The molecule has 4 aromatic rings. The molecule has 0 bridgehead atoms. The van der Waals surface area contributed by atoms with E-state index in [0.717, 1.165) is 37.6 Å². The minimum absolute atomic E-state index is 0.612. The Morgan fingerprint density at radius 1 is 0.964 bits per heavy atom. The summed E-state index contributed by atoms with van der Waals surface area (Å²) in [6.07, 6.45) is 0. The van der Waals surface area contributed by atoms with Gasteiger partial charge in [0, 0.05) is 0 Å². The van der Waals surface area contributed by atoms with Crippen molar-refractivity contribution in [3.8, 4) is 11.1 Å². The van der Waals surface area contributed by atoms with Gasteiger partial charge in [0.1, 0.15) is 0 Å². The van der Waals surface area contributed by atoms with Crippen molar-refractivity contribution in [2.24, 2.45) is 0 Å². The summed E-state index contributed by atoms with van der Waals surface area (Å²) >= 11 is 14.2. The Hall–Kier alpha value is -1.91. The van der Waals surface area contributed by atoms with Crippen LogP contribution in [0.5, 0.6) is 0 Å². The van der Waals surface area contributed by atoms with Crippen LogP contribution in [0, 0.1) is 6.92 Å². The number of nitrogens with one attached hydrogen (secondary N) is 1. The van der Waals surface area contributed by atoms with Crippen LogP contribution < -0.4 is 5.32 Å². The molecule has 0 unspecified atom stereocenters. The third kappa shape index (κ3) is 3.56. The number of fused-ring (bicyclic) bond motifs is 1. The van der Waals surface area contributed by atoms with Gasteiger partial charge in [-0.1, -0.05) is 0 Å². The first-order valence-electron chi connectivity index (χ1n) is 8.76. The minimum atomic E-state index is 0.612. The molecule has 28 heavy (non-hydrogen) atoms. The van der Waals surface area contributed by atoms with Crippen molar-refractivity contribution >= 4 is 43.9 Å². The zero-order valence-corrected chi connectivity index (χ0v) is 19.3. The van der Waals surface area contributed by atoms with Crippen molar-refractivity contribution in [2.45, 2.75) is 6.92 Å². The molecular formula is C23H17Cl2NOOs. The summed E-state index contributed by atoms with van der Waals surface area (Å²) in [5.41, 5.74) is 6.25. The van der Waals surface area contributed by atoms with Crippen molar-refractivity contribution in [1.29, 1.82) is 0 Å². The van der Waals surface area contributed by atoms with Crippen molar-refractivity contribution in [3.05, 3.63) is 87.6 Å². The molecule has 0 amide bonds. The third-order valence-electron chi connectivity index (χ3n) is 4.65. The predicted octanol–water partition coefficient (Wildman–Crippen LogP) is 6.87. The standard InChI is InChI=1S/C23H17Cl2NO.Os/c1-14-4-3-5-15(10-14)16-7-9-19-21(11-16)27-22(23(19)26-2)12-17-6-8-18(24)13-20(17)25;/h3-11,13,26H,1-2H3;. The molecule has 0 saturated heterocycles. The molecule has 0 fully saturated rings. The summed E-state index contributed by atoms with van der Waals surface area (Å²) in [6.45, 7) is 2.10. The quantitative estimate of drug-likeness (QED) is 0.283. The molecule has 0 atom stereocenters. The third-order valence-corrected chi connectivity index (χ3v) is 6.46. The van der Waals surface area contributed by atoms with Crippen molar-refractivity contribution in [1.82, 2.24) is 0 Å². The van der Waals surface area contributed by atoms with Crippen LogP contribution in [0.2, 0.25) is 10.0 Å². The molecule has 2 nitrogen and oxygen atoms in total. The molecule has 0 spiro atoms. The van der Waals surface area contributed by atoms with E-state index in [4.69, 9.17) is 27.6 Å². The number of hydrogen-bond donors (Lipinski definition) is 1. The Kier molecular flexibility index (Phi) is 5.43. The normalized spacial score (nSPS) is 11.0. The van der Waals surface area contributed by atoms with Gasteiger partial charge in [-0.3, -0.25) is 0 Å². The Bertz CT molecular complexity index is 1210. The monoisotopic (exact) mass is 585 g/mol. The summed E-state index contributed by atoms with van der Waals surface area (Å²) < 4.78 is 7.29. The van der Waals surface area contributed by atoms with E-state index in [-0.39, 0.29) is 0 Å².